The maximum Gasteiger partial charge on any atom is 0.315 e. The number of amides is 2. The second kappa shape index (κ2) is 13.0. The fraction of sp³-hybridized carbons (Fsp3) is 0.385. The number of carbonyl (C=O) groups excluding carboxylic acids is 1. The monoisotopic (exact) mass is 454 g/mol. The summed E-state index contributed by atoms with van der Waals surface area (Å²) in [6, 6.07) is 7.30. The molecule has 0 aromatic heterocycles. The van der Waals surface area contributed by atoms with Crippen molar-refractivity contribution in [3.8, 4) is 0 Å². The number of nitrogens with one attached hydrogen (secondary N) is 3. The molecule has 0 saturated heterocycles. The highest BCUT2D eigenvalue weighted by Gasteiger charge is 2.32. The molecule has 1 unspecified atom stereocenters. The van der Waals surface area contributed by atoms with Crippen molar-refractivity contribution in [1.29, 1.82) is 0 Å². The van der Waals surface area contributed by atoms with E-state index in [0.29, 0.717) is 24.0 Å². The van der Waals surface area contributed by atoms with Gasteiger partial charge in [0.25, 0.3) is 0 Å². The lowest BCUT2D eigenvalue weighted by atomic mass is 9.82. The second-order valence-electron chi connectivity index (χ2n) is 8.13. The second-order valence-corrected chi connectivity index (χ2v) is 8.57. The molecule has 2 rings (SSSR count). The van der Waals surface area contributed by atoms with Gasteiger partial charge in [-0.2, -0.15) is 0 Å². The van der Waals surface area contributed by atoms with E-state index in [0.717, 1.165) is 24.1 Å². The molecule has 32 heavy (non-hydrogen) atoms. The third-order valence-corrected chi connectivity index (χ3v) is 5.92. The van der Waals surface area contributed by atoms with E-state index in [9.17, 15) is 4.79 Å². The molecule has 1 heterocycles. The van der Waals surface area contributed by atoms with Crippen molar-refractivity contribution in [2.45, 2.75) is 45.3 Å². The van der Waals surface area contributed by atoms with Crippen molar-refractivity contribution in [1.82, 2.24) is 16.0 Å². The number of urea groups is 1. The third-order valence-electron chi connectivity index (χ3n) is 5.67. The van der Waals surface area contributed by atoms with Gasteiger partial charge in [-0.05, 0) is 49.6 Å². The molecule has 0 fully saturated rings. The van der Waals surface area contributed by atoms with Crippen LogP contribution in [0.1, 0.15) is 32.8 Å². The largest absolute Gasteiger partial charge is 0.335 e. The van der Waals surface area contributed by atoms with Crippen molar-refractivity contribution >= 4 is 23.8 Å². The number of aliphatic imine (C=N–C) groups is 1. The Hall–Kier alpha value is -2.63. The quantitative estimate of drug-likeness (QED) is 0.402. The number of rotatable bonds is 11. The van der Waals surface area contributed by atoms with Crippen LogP contribution in [0.25, 0.3) is 0 Å². The summed E-state index contributed by atoms with van der Waals surface area (Å²) in [6.45, 7) is 12.0. The van der Waals surface area contributed by atoms with Crippen LogP contribution in [0.15, 0.2) is 77.9 Å². The van der Waals surface area contributed by atoms with Crippen LogP contribution in [-0.4, -0.2) is 36.9 Å². The van der Waals surface area contributed by atoms with Gasteiger partial charge in [0.2, 0.25) is 0 Å². The van der Waals surface area contributed by atoms with Crippen LogP contribution in [0.3, 0.4) is 0 Å². The molecule has 0 aliphatic carbocycles. The Morgan fingerprint density at radius 1 is 1.31 bits per heavy atom. The Morgan fingerprint density at radius 2 is 2.06 bits per heavy atom. The van der Waals surface area contributed by atoms with Crippen molar-refractivity contribution in [3.63, 3.8) is 0 Å². The standard InChI is InChI=1S/C26H35ClN4O/c1-5-9-22(20(3)30-19-26(4)23(6-2)11-8-17-31-26)10-7-16-28-25(32)29-18-21-12-14-24(27)15-13-21/h5,7-15,17,20,23,30H,1,6,16,18-19H2,2-4H3,(H2,28,29,32)/b10-7-,22-9+/t20-,23-,26?/m0/s1. The number of nitrogens with zero attached hydrogens (tertiary/aromatic N) is 1. The van der Waals surface area contributed by atoms with E-state index in [1.807, 2.05) is 54.8 Å². The SMILES string of the molecule is C=C/C=C(\C=C/CNC(=O)NCc1ccc(Cl)cc1)[C@H](C)NCC1(C)N=CC=C[C@@H]1CC. The summed E-state index contributed by atoms with van der Waals surface area (Å²) in [5.41, 5.74) is 1.94. The van der Waals surface area contributed by atoms with E-state index in [4.69, 9.17) is 16.6 Å². The molecule has 172 valence electrons. The van der Waals surface area contributed by atoms with Crippen LogP contribution >= 0.6 is 11.6 Å². The van der Waals surface area contributed by atoms with Crippen LogP contribution < -0.4 is 16.0 Å². The summed E-state index contributed by atoms with van der Waals surface area (Å²) >= 11 is 5.88. The molecule has 1 aromatic rings. The first-order valence-electron chi connectivity index (χ1n) is 11.1. The number of dihydropyridines is 1. The van der Waals surface area contributed by atoms with Crippen LogP contribution in [0, 0.1) is 5.92 Å². The molecule has 3 N–H and O–H groups in total. The minimum atomic E-state index is -0.216. The predicted octanol–water partition coefficient (Wildman–Crippen LogP) is 5.21. The lowest BCUT2D eigenvalue weighted by Gasteiger charge is -2.35. The van der Waals surface area contributed by atoms with E-state index in [1.54, 1.807) is 6.08 Å². The Bertz CT molecular complexity index is 872. The molecule has 1 aliphatic heterocycles. The number of allylic oxidation sites excluding steroid dienone is 3. The minimum absolute atomic E-state index is 0.124. The normalized spacial score (nSPS) is 21.5. The molecule has 0 saturated carbocycles. The molecule has 2 amide bonds. The first-order valence-corrected chi connectivity index (χ1v) is 11.5. The third kappa shape index (κ3) is 8.13. The van der Waals surface area contributed by atoms with Crippen LogP contribution in [0.4, 0.5) is 4.79 Å². The van der Waals surface area contributed by atoms with Crippen LogP contribution in [-0.2, 0) is 6.54 Å². The number of carbonyl (C=O) groups is 1. The van der Waals surface area contributed by atoms with Gasteiger partial charge in [-0.3, -0.25) is 4.99 Å². The molecule has 3 atom stereocenters. The van der Waals surface area contributed by atoms with Gasteiger partial charge in [0.05, 0.1) is 5.54 Å². The molecule has 5 nitrogen and oxygen atoms in total. The molecule has 0 bridgehead atoms. The Morgan fingerprint density at radius 3 is 2.75 bits per heavy atom. The van der Waals surface area contributed by atoms with Gasteiger partial charge in [-0.15, -0.1) is 0 Å². The average molecular weight is 455 g/mol. The molecular weight excluding hydrogens is 420 g/mol. The van der Waals surface area contributed by atoms with E-state index in [-0.39, 0.29) is 17.6 Å². The van der Waals surface area contributed by atoms with Crippen molar-refractivity contribution in [3.05, 3.63) is 83.5 Å². The first-order chi connectivity index (χ1) is 15.4. The molecule has 1 aliphatic rings. The molecule has 0 spiro atoms. The smallest absolute Gasteiger partial charge is 0.315 e. The van der Waals surface area contributed by atoms with Gasteiger partial charge >= 0.3 is 6.03 Å². The zero-order valence-electron chi connectivity index (χ0n) is 19.3. The van der Waals surface area contributed by atoms with Crippen LogP contribution in [0.5, 0.6) is 0 Å². The van der Waals surface area contributed by atoms with Crippen molar-refractivity contribution in [2.24, 2.45) is 10.9 Å². The zero-order valence-corrected chi connectivity index (χ0v) is 20.0. The summed E-state index contributed by atoms with van der Waals surface area (Å²) in [6.07, 6.45) is 14.9. The number of halogens is 1. The van der Waals surface area contributed by atoms with E-state index in [2.05, 4.69) is 49.4 Å². The fourth-order valence-corrected chi connectivity index (χ4v) is 3.73. The lowest BCUT2D eigenvalue weighted by molar-refractivity contribution is 0.241. The molecule has 0 radical (unpaired) electrons. The van der Waals surface area contributed by atoms with Crippen molar-refractivity contribution < 1.29 is 4.79 Å². The summed E-state index contributed by atoms with van der Waals surface area (Å²) in [5.74, 6) is 0.421. The predicted molar refractivity (Wildman–Crippen MR) is 136 cm³/mol. The topological polar surface area (TPSA) is 65.5 Å². The van der Waals surface area contributed by atoms with Gasteiger partial charge in [0.15, 0.2) is 0 Å². The fourth-order valence-electron chi connectivity index (χ4n) is 3.60. The summed E-state index contributed by atoms with van der Waals surface area (Å²) in [5, 5.41) is 9.97. The van der Waals surface area contributed by atoms with E-state index >= 15 is 0 Å². The summed E-state index contributed by atoms with van der Waals surface area (Å²) < 4.78 is 0. The number of hydrogen-bond donors (Lipinski definition) is 3. The Balaban J connectivity index is 1.80. The minimum Gasteiger partial charge on any atom is -0.335 e. The van der Waals surface area contributed by atoms with Gasteiger partial charge in [-0.1, -0.05) is 67.6 Å². The number of hydrogen-bond acceptors (Lipinski definition) is 3. The Labute approximate surface area is 197 Å². The molecule has 6 heteroatoms. The lowest BCUT2D eigenvalue weighted by Crippen LogP contribution is -2.46. The maximum absolute atomic E-state index is 12.0. The van der Waals surface area contributed by atoms with Gasteiger partial charge in [0, 0.05) is 42.8 Å². The maximum atomic E-state index is 12.0. The van der Waals surface area contributed by atoms with Gasteiger partial charge in [-0.25, -0.2) is 4.79 Å². The highest BCUT2D eigenvalue weighted by Crippen LogP contribution is 2.28. The van der Waals surface area contributed by atoms with Gasteiger partial charge in [0.1, 0.15) is 0 Å². The number of benzene rings is 1. The zero-order chi connectivity index (χ0) is 23.4. The van der Waals surface area contributed by atoms with E-state index < -0.39 is 0 Å². The Kier molecular flexibility index (Phi) is 10.4. The van der Waals surface area contributed by atoms with Crippen molar-refractivity contribution in [2.75, 3.05) is 13.1 Å². The summed E-state index contributed by atoms with van der Waals surface area (Å²) in [7, 11) is 0. The van der Waals surface area contributed by atoms with Gasteiger partial charge < -0.3 is 16.0 Å². The molecule has 1 aromatic carbocycles. The highest BCUT2D eigenvalue weighted by atomic mass is 35.5. The highest BCUT2D eigenvalue weighted by molar-refractivity contribution is 6.30. The van der Waals surface area contributed by atoms with E-state index in [1.165, 1.54) is 0 Å². The summed E-state index contributed by atoms with van der Waals surface area (Å²) in [4.78, 5) is 16.8. The average Bonchev–Trinajstić information content (AvgIpc) is 2.79. The molecular formula is C26H35ClN4O. The first kappa shape index (κ1) is 25.6. The van der Waals surface area contributed by atoms with Crippen LogP contribution in [0.2, 0.25) is 5.02 Å².